The summed E-state index contributed by atoms with van der Waals surface area (Å²) in [5.74, 6) is 0. The fourth-order valence-corrected chi connectivity index (χ4v) is 3.44. The number of nitrogens with zero attached hydrogens (tertiary/aromatic N) is 2. The maximum Gasteiger partial charge on any atom is 0.308 e. The van der Waals surface area contributed by atoms with Crippen molar-refractivity contribution < 1.29 is 8.42 Å². The highest BCUT2D eigenvalue weighted by atomic mass is 32.2. The molecule has 0 saturated heterocycles. The Kier molecular flexibility index (Phi) is 2.62. The molecule has 0 aliphatic carbocycles. The lowest BCUT2D eigenvalue weighted by Crippen LogP contribution is -2.28. The zero-order chi connectivity index (χ0) is 13.6. The van der Waals surface area contributed by atoms with E-state index in [1.54, 1.807) is 14.1 Å². The highest BCUT2D eigenvalue weighted by Gasteiger charge is 2.22. The summed E-state index contributed by atoms with van der Waals surface area (Å²) in [5, 5.41) is 1.90. The van der Waals surface area contributed by atoms with Crippen LogP contribution in [0, 0.1) is 0 Å². The van der Waals surface area contributed by atoms with Gasteiger partial charge in [-0.15, -0.1) is 0 Å². The first-order chi connectivity index (χ1) is 9.03. The highest BCUT2D eigenvalue weighted by molar-refractivity contribution is 7.87. The predicted octanol–water partition coefficient (Wildman–Crippen LogP) is 2.45. The van der Waals surface area contributed by atoms with Crippen molar-refractivity contribution in [1.29, 1.82) is 0 Å². The standard InChI is InChI=1S/C14H14N2O2S/c1-15(2)19(17,18)16-13-9-5-3-7-11(13)12-8-4-6-10-14(12)16/h3-10H,1-2H3. The molecule has 3 rings (SSSR count). The lowest BCUT2D eigenvalue weighted by Gasteiger charge is -2.14. The third-order valence-corrected chi connectivity index (χ3v) is 5.01. The molecular weight excluding hydrogens is 260 g/mol. The second-order valence-corrected chi connectivity index (χ2v) is 6.58. The van der Waals surface area contributed by atoms with Gasteiger partial charge in [0.25, 0.3) is 0 Å². The van der Waals surface area contributed by atoms with E-state index in [0.717, 1.165) is 10.8 Å². The molecule has 0 N–H and O–H groups in total. The first-order valence-electron chi connectivity index (χ1n) is 5.94. The number of hydrogen-bond acceptors (Lipinski definition) is 2. The summed E-state index contributed by atoms with van der Waals surface area (Å²) in [6.07, 6.45) is 0. The van der Waals surface area contributed by atoms with Crippen LogP contribution in [-0.4, -0.2) is 30.8 Å². The third-order valence-electron chi connectivity index (χ3n) is 3.23. The Morgan fingerprint density at radius 2 is 1.26 bits per heavy atom. The number of rotatable bonds is 2. The van der Waals surface area contributed by atoms with Gasteiger partial charge in [0.2, 0.25) is 0 Å². The lowest BCUT2D eigenvalue weighted by molar-refractivity contribution is 0.514. The van der Waals surface area contributed by atoms with Crippen LogP contribution in [0.15, 0.2) is 48.5 Å². The van der Waals surface area contributed by atoms with E-state index in [4.69, 9.17) is 0 Å². The maximum atomic E-state index is 12.5. The van der Waals surface area contributed by atoms with Crippen LogP contribution in [0.3, 0.4) is 0 Å². The van der Waals surface area contributed by atoms with Crippen molar-refractivity contribution in [2.75, 3.05) is 14.1 Å². The molecule has 0 radical (unpaired) electrons. The number of aromatic nitrogens is 1. The van der Waals surface area contributed by atoms with Gasteiger partial charge in [0, 0.05) is 24.9 Å². The van der Waals surface area contributed by atoms with Crippen molar-refractivity contribution in [3.8, 4) is 0 Å². The molecule has 0 aliphatic heterocycles. The molecule has 98 valence electrons. The second-order valence-electron chi connectivity index (χ2n) is 4.59. The van der Waals surface area contributed by atoms with Gasteiger partial charge in [0.05, 0.1) is 11.0 Å². The van der Waals surface area contributed by atoms with Crippen molar-refractivity contribution in [2.45, 2.75) is 0 Å². The summed E-state index contributed by atoms with van der Waals surface area (Å²) >= 11 is 0. The summed E-state index contributed by atoms with van der Waals surface area (Å²) in [7, 11) is -0.456. The Morgan fingerprint density at radius 1 is 0.842 bits per heavy atom. The Morgan fingerprint density at radius 3 is 1.68 bits per heavy atom. The van der Waals surface area contributed by atoms with Gasteiger partial charge in [0.15, 0.2) is 0 Å². The van der Waals surface area contributed by atoms with Gasteiger partial charge < -0.3 is 0 Å². The van der Waals surface area contributed by atoms with Gasteiger partial charge in [-0.2, -0.15) is 12.7 Å². The number of hydrogen-bond donors (Lipinski definition) is 0. The summed E-state index contributed by atoms with van der Waals surface area (Å²) in [6, 6.07) is 15.1. The van der Waals surface area contributed by atoms with Gasteiger partial charge in [-0.1, -0.05) is 36.4 Å². The minimum Gasteiger partial charge on any atom is -0.225 e. The number of benzene rings is 2. The molecular formula is C14H14N2O2S. The molecule has 0 spiro atoms. The summed E-state index contributed by atoms with van der Waals surface area (Å²) in [6.45, 7) is 0. The average molecular weight is 274 g/mol. The highest BCUT2D eigenvalue weighted by Crippen LogP contribution is 2.30. The van der Waals surface area contributed by atoms with Crippen LogP contribution in [0.4, 0.5) is 0 Å². The Labute approximate surface area is 112 Å². The van der Waals surface area contributed by atoms with E-state index >= 15 is 0 Å². The molecule has 19 heavy (non-hydrogen) atoms. The molecule has 0 atom stereocenters. The van der Waals surface area contributed by atoms with Gasteiger partial charge in [0.1, 0.15) is 0 Å². The van der Waals surface area contributed by atoms with E-state index < -0.39 is 10.2 Å². The lowest BCUT2D eigenvalue weighted by atomic mass is 10.2. The van der Waals surface area contributed by atoms with Gasteiger partial charge in [-0.05, 0) is 12.1 Å². The van der Waals surface area contributed by atoms with Gasteiger partial charge in [-0.3, -0.25) is 0 Å². The van der Waals surface area contributed by atoms with E-state index in [2.05, 4.69) is 0 Å². The molecule has 0 aliphatic rings. The molecule has 4 nitrogen and oxygen atoms in total. The van der Waals surface area contributed by atoms with Crippen LogP contribution in [0.2, 0.25) is 0 Å². The van der Waals surface area contributed by atoms with E-state index in [0.29, 0.717) is 11.0 Å². The molecule has 0 fully saturated rings. The van der Waals surface area contributed by atoms with Crippen LogP contribution < -0.4 is 0 Å². The molecule has 1 aromatic heterocycles. The molecule has 0 saturated carbocycles. The first kappa shape index (κ1) is 12.2. The minimum atomic E-state index is -3.54. The Bertz CT molecular complexity index is 810. The molecule has 0 unspecified atom stereocenters. The van der Waals surface area contributed by atoms with Crippen molar-refractivity contribution in [1.82, 2.24) is 8.28 Å². The van der Waals surface area contributed by atoms with E-state index in [9.17, 15) is 8.42 Å². The Balaban J connectivity index is 2.58. The third kappa shape index (κ3) is 1.66. The smallest absolute Gasteiger partial charge is 0.225 e. The van der Waals surface area contributed by atoms with Gasteiger partial charge >= 0.3 is 10.2 Å². The van der Waals surface area contributed by atoms with Crippen molar-refractivity contribution in [3.05, 3.63) is 48.5 Å². The SMILES string of the molecule is CN(C)S(=O)(=O)n1c2ccccc2c2ccccc21. The normalized spacial score (nSPS) is 12.6. The van der Waals surface area contributed by atoms with Crippen LogP contribution >= 0.6 is 0 Å². The quantitative estimate of drug-likeness (QED) is 0.720. The molecule has 2 aromatic carbocycles. The van der Waals surface area contributed by atoms with Crippen molar-refractivity contribution in [3.63, 3.8) is 0 Å². The summed E-state index contributed by atoms with van der Waals surface area (Å²) in [4.78, 5) is 0. The first-order valence-corrected chi connectivity index (χ1v) is 7.34. The van der Waals surface area contributed by atoms with E-state index in [1.165, 1.54) is 8.28 Å². The fourth-order valence-electron chi connectivity index (χ4n) is 2.30. The maximum absolute atomic E-state index is 12.5. The monoisotopic (exact) mass is 274 g/mol. The molecule has 0 amide bonds. The fraction of sp³-hybridized carbons (Fsp3) is 0.143. The zero-order valence-corrected chi connectivity index (χ0v) is 11.6. The zero-order valence-electron chi connectivity index (χ0n) is 10.7. The molecule has 3 aromatic rings. The predicted molar refractivity (Wildman–Crippen MR) is 77.4 cm³/mol. The van der Waals surface area contributed by atoms with E-state index in [1.807, 2.05) is 48.5 Å². The number of para-hydroxylation sites is 2. The van der Waals surface area contributed by atoms with Crippen LogP contribution in [-0.2, 0) is 10.2 Å². The average Bonchev–Trinajstić information content (AvgIpc) is 2.73. The van der Waals surface area contributed by atoms with Crippen molar-refractivity contribution in [2.24, 2.45) is 0 Å². The summed E-state index contributed by atoms with van der Waals surface area (Å²) in [5.41, 5.74) is 1.41. The van der Waals surface area contributed by atoms with E-state index in [-0.39, 0.29) is 0 Å². The molecule has 5 heteroatoms. The van der Waals surface area contributed by atoms with Crippen molar-refractivity contribution >= 4 is 32.0 Å². The van der Waals surface area contributed by atoms with Crippen LogP contribution in [0.5, 0.6) is 0 Å². The van der Waals surface area contributed by atoms with Gasteiger partial charge in [-0.25, -0.2) is 3.97 Å². The number of fused-ring (bicyclic) bond motifs is 3. The molecule has 0 bridgehead atoms. The second kappa shape index (κ2) is 4.08. The van der Waals surface area contributed by atoms with Crippen LogP contribution in [0.1, 0.15) is 0 Å². The largest absolute Gasteiger partial charge is 0.308 e. The van der Waals surface area contributed by atoms with Crippen LogP contribution in [0.25, 0.3) is 21.8 Å². The molecule has 1 heterocycles. The minimum absolute atomic E-state index is 0.706. The Hall–Kier alpha value is -1.85. The summed E-state index contributed by atoms with van der Waals surface area (Å²) < 4.78 is 27.6. The topological polar surface area (TPSA) is 42.3 Å².